The zero-order chi connectivity index (χ0) is 31.7. The Morgan fingerprint density at radius 2 is 1.00 bits per heavy atom. The Morgan fingerprint density at radius 3 is 1.68 bits per heavy atom. The van der Waals surface area contributed by atoms with Gasteiger partial charge in [0.25, 0.3) is 0 Å². The first-order valence-corrected chi connectivity index (χ1v) is 15.2. The molecule has 6 aromatic carbocycles. The smallest absolute Gasteiger partial charge is 0.134 e. The fourth-order valence-electron chi connectivity index (χ4n) is 5.81. The molecule has 2 aromatic heterocycles. The fraction of sp³-hybridized carbons (Fsp3) is 0. The summed E-state index contributed by atoms with van der Waals surface area (Å²) in [6.45, 7) is 0. The summed E-state index contributed by atoms with van der Waals surface area (Å²) in [5, 5.41) is 0.818. The van der Waals surface area contributed by atoms with Crippen LogP contribution in [0.4, 0.5) is 11.5 Å². The van der Waals surface area contributed by atoms with Crippen LogP contribution in [0.15, 0.2) is 146 Å². The van der Waals surface area contributed by atoms with E-state index in [4.69, 9.17) is 26.2 Å². The van der Waals surface area contributed by atoms with E-state index in [1.54, 1.807) is 0 Å². The van der Waals surface area contributed by atoms with Crippen molar-refractivity contribution in [3.05, 3.63) is 146 Å². The molecule has 0 aliphatic carbocycles. The summed E-state index contributed by atoms with van der Waals surface area (Å²) in [5.74, 6) is 1.89. The molecule has 0 amide bonds. The summed E-state index contributed by atoms with van der Waals surface area (Å²) in [5.41, 5.74) is 23.0. The molecule has 47 heavy (non-hydrogen) atoms. The number of nitrogen functional groups attached to an aromatic ring is 2. The second kappa shape index (κ2) is 11.7. The van der Waals surface area contributed by atoms with Gasteiger partial charge in [-0.1, -0.05) is 72.8 Å². The van der Waals surface area contributed by atoms with Gasteiger partial charge in [-0.15, -0.1) is 0 Å². The zero-order valence-corrected chi connectivity index (χ0v) is 25.2. The van der Waals surface area contributed by atoms with Crippen molar-refractivity contribution in [2.45, 2.75) is 0 Å². The predicted octanol–water partition coefficient (Wildman–Crippen LogP) is 9.20. The third-order valence-corrected chi connectivity index (χ3v) is 8.15. The van der Waals surface area contributed by atoms with Gasteiger partial charge >= 0.3 is 0 Å². The third kappa shape index (κ3) is 5.47. The predicted molar refractivity (Wildman–Crippen MR) is 190 cm³/mol. The Morgan fingerprint density at radius 1 is 0.447 bits per heavy atom. The van der Waals surface area contributed by atoms with E-state index in [2.05, 4.69) is 46.4 Å². The van der Waals surface area contributed by atoms with Gasteiger partial charge in [-0.3, -0.25) is 0 Å². The van der Waals surface area contributed by atoms with E-state index in [-0.39, 0.29) is 0 Å². The van der Waals surface area contributed by atoms with E-state index >= 15 is 0 Å². The average molecular weight is 609 g/mol. The van der Waals surface area contributed by atoms with Crippen molar-refractivity contribution in [1.82, 2.24) is 19.9 Å². The number of nitrogens with two attached hydrogens (primary N) is 2. The van der Waals surface area contributed by atoms with Crippen LogP contribution < -0.4 is 16.2 Å². The minimum Gasteiger partial charge on any atom is -0.457 e. The summed E-state index contributed by atoms with van der Waals surface area (Å²) >= 11 is 0. The first-order chi connectivity index (χ1) is 23.1. The number of ether oxygens (including phenoxy) is 1. The monoisotopic (exact) mass is 608 g/mol. The average Bonchev–Trinajstić information content (AvgIpc) is 3.12. The van der Waals surface area contributed by atoms with E-state index in [9.17, 15) is 0 Å². The van der Waals surface area contributed by atoms with Gasteiger partial charge in [-0.05, 0) is 89.0 Å². The Kier molecular flexibility index (Phi) is 6.96. The Hall–Kier alpha value is -6.60. The van der Waals surface area contributed by atoms with Gasteiger partial charge in [-0.2, -0.15) is 0 Å². The molecule has 0 unspecified atom stereocenters. The minimum absolute atomic E-state index is 0.453. The molecule has 4 N–H and O–H groups in total. The summed E-state index contributed by atoms with van der Waals surface area (Å²) in [6.07, 6.45) is 1.50. The summed E-state index contributed by atoms with van der Waals surface area (Å²) in [4.78, 5) is 18.6. The summed E-state index contributed by atoms with van der Waals surface area (Å²) < 4.78 is 6.27. The number of aromatic nitrogens is 4. The molecule has 0 radical (unpaired) electrons. The molecule has 0 aliphatic heterocycles. The molecule has 0 atom stereocenters. The van der Waals surface area contributed by atoms with Crippen LogP contribution in [0.1, 0.15) is 0 Å². The summed E-state index contributed by atoms with van der Waals surface area (Å²) in [6, 6.07) is 46.1. The standard InChI is InChI=1S/C40H28N6O/c41-29-15-20-35-37(21-29)46-38(27-9-5-2-6-10-27)39(45-35)28-13-18-31(19-14-28)47-30-16-11-26(12-17-30)32-22-34-36(43-24-44-40(34)42)23-33(32)25-7-3-1-4-8-25/h1-24H,41H2,(H2,42,43,44). The summed E-state index contributed by atoms with van der Waals surface area (Å²) in [7, 11) is 0. The quantitative estimate of drug-likeness (QED) is 0.181. The van der Waals surface area contributed by atoms with Crippen molar-refractivity contribution in [2.75, 3.05) is 11.5 Å². The Balaban J connectivity index is 1.10. The van der Waals surface area contributed by atoms with Crippen LogP contribution in [-0.4, -0.2) is 19.9 Å². The second-order valence-corrected chi connectivity index (χ2v) is 11.2. The maximum Gasteiger partial charge on any atom is 0.134 e. The molecular weight excluding hydrogens is 580 g/mol. The third-order valence-electron chi connectivity index (χ3n) is 8.15. The molecule has 0 saturated carbocycles. The van der Waals surface area contributed by atoms with Crippen LogP contribution in [0.2, 0.25) is 0 Å². The van der Waals surface area contributed by atoms with Crippen LogP contribution in [0.25, 0.3) is 66.7 Å². The van der Waals surface area contributed by atoms with Crippen molar-refractivity contribution in [1.29, 1.82) is 0 Å². The number of rotatable bonds is 6. The molecular formula is C40H28N6O. The van der Waals surface area contributed by atoms with Gasteiger partial charge in [0.15, 0.2) is 0 Å². The lowest BCUT2D eigenvalue weighted by molar-refractivity contribution is 0.483. The van der Waals surface area contributed by atoms with Gasteiger partial charge in [0.1, 0.15) is 23.6 Å². The van der Waals surface area contributed by atoms with E-state index in [1.807, 2.05) is 103 Å². The second-order valence-electron chi connectivity index (χ2n) is 11.2. The van der Waals surface area contributed by atoms with Crippen molar-refractivity contribution in [3.8, 4) is 56.3 Å². The number of nitrogens with zero attached hydrogens (tertiary/aromatic N) is 4. The van der Waals surface area contributed by atoms with Gasteiger partial charge < -0.3 is 16.2 Å². The van der Waals surface area contributed by atoms with Crippen molar-refractivity contribution in [2.24, 2.45) is 0 Å². The van der Waals surface area contributed by atoms with Crippen LogP contribution in [0, 0.1) is 0 Å². The molecule has 2 heterocycles. The lowest BCUT2D eigenvalue weighted by Crippen LogP contribution is -1.96. The Labute approximate surface area is 271 Å². The maximum atomic E-state index is 6.27. The molecule has 224 valence electrons. The van der Waals surface area contributed by atoms with Gasteiger partial charge in [-0.25, -0.2) is 19.9 Å². The maximum absolute atomic E-state index is 6.27. The molecule has 0 fully saturated rings. The van der Waals surface area contributed by atoms with E-state index in [0.717, 1.165) is 72.5 Å². The Bertz CT molecular complexity index is 2380. The van der Waals surface area contributed by atoms with Crippen molar-refractivity contribution in [3.63, 3.8) is 0 Å². The number of benzene rings is 6. The minimum atomic E-state index is 0.453. The fourth-order valence-corrected chi connectivity index (χ4v) is 5.81. The number of anilines is 2. The van der Waals surface area contributed by atoms with Gasteiger partial charge in [0, 0.05) is 22.2 Å². The number of hydrogen-bond donors (Lipinski definition) is 2. The van der Waals surface area contributed by atoms with Crippen LogP contribution >= 0.6 is 0 Å². The highest BCUT2D eigenvalue weighted by atomic mass is 16.5. The molecule has 8 rings (SSSR count). The molecule has 0 spiro atoms. The highest BCUT2D eigenvalue weighted by molar-refractivity contribution is 5.98. The van der Waals surface area contributed by atoms with Crippen LogP contribution in [0.3, 0.4) is 0 Å². The molecule has 0 aliphatic rings. The van der Waals surface area contributed by atoms with Gasteiger partial charge in [0.05, 0.1) is 27.9 Å². The van der Waals surface area contributed by atoms with Crippen molar-refractivity contribution < 1.29 is 4.74 Å². The lowest BCUT2D eigenvalue weighted by atomic mass is 9.93. The molecule has 7 nitrogen and oxygen atoms in total. The van der Waals surface area contributed by atoms with E-state index in [1.165, 1.54) is 6.33 Å². The number of hydrogen-bond acceptors (Lipinski definition) is 7. The SMILES string of the molecule is Nc1ccc2nc(-c3ccc(Oc4ccc(-c5cc6c(N)ncnc6cc5-c5ccccc5)cc4)cc3)c(-c3ccccc3)nc2c1. The van der Waals surface area contributed by atoms with Crippen molar-refractivity contribution >= 4 is 33.4 Å². The van der Waals surface area contributed by atoms with Crippen LogP contribution in [-0.2, 0) is 0 Å². The molecule has 0 saturated heterocycles. The van der Waals surface area contributed by atoms with E-state index < -0.39 is 0 Å². The molecule has 7 heteroatoms. The first-order valence-electron chi connectivity index (χ1n) is 15.2. The highest BCUT2D eigenvalue weighted by Crippen LogP contribution is 2.38. The normalized spacial score (nSPS) is 11.1. The molecule has 0 bridgehead atoms. The largest absolute Gasteiger partial charge is 0.457 e. The topological polar surface area (TPSA) is 113 Å². The van der Waals surface area contributed by atoms with E-state index in [0.29, 0.717) is 17.3 Å². The number of fused-ring (bicyclic) bond motifs is 2. The molecule has 8 aromatic rings. The highest BCUT2D eigenvalue weighted by Gasteiger charge is 2.15. The van der Waals surface area contributed by atoms with Gasteiger partial charge in [0.2, 0.25) is 0 Å². The first kappa shape index (κ1) is 27.9. The lowest BCUT2D eigenvalue weighted by Gasteiger charge is -2.14. The van der Waals surface area contributed by atoms with Crippen LogP contribution in [0.5, 0.6) is 11.5 Å². The zero-order valence-electron chi connectivity index (χ0n) is 25.2.